The van der Waals surface area contributed by atoms with E-state index < -0.39 is 0 Å². The van der Waals surface area contributed by atoms with Crippen LogP contribution in [-0.2, 0) is 7.05 Å². The summed E-state index contributed by atoms with van der Waals surface area (Å²) in [6.07, 6.45) is 0. The number of aromatic nitrogens is 1. The first kappa shape index (κ1) is 24.8. The topological polar surface area (TPSA) is 21.4 Å². The Labute approximate surface area is 220 Å². The predicted molar refractivity (Wildman–Crippen MR) is 154 cm³/mol. The minimum absolute atomic E-state index is 0.426. The summed E-state index contributed by atoms with van der Waals surface area (Å²) in [4.78, 5) is 3.88. The van der Waals surface area contributed by atoms with Crippen molar-refractivity contribution in [3.63, 3.8) is 0 Å². The maximum absolute atomic E-state index is 7.88. The molecule has 0 saturated heterocycles. The molecule has 5 rings (SSSR count). The minimum atomic E-state index is 0.426. The van der Waals surface area contributed by atoms with Crippen molar-refractivity contribution >= 4 is 27.6 Å². The maximum atomic E-state index is 7.88. The molecule has 37 heavy (non-hydrogen) atoms. The summed E-state index contributed by atoms with van der Waals surface area (Å²) in [7, 11) is 2.14. The zero-order valence-corrected chi connectivity index (χ0v) is 23.2. The molecule has 2 aromatic heterocycles. The maximum Gasteiger partial charge on any atom is 0.216 e. The van der Waals surface area contributed by atoms with Crippen LogP contribution in [-0.4, -0.2) is 0 Å². The number of hydrogen-bond acceptors (Lipinski definition) is 1. The third-order valence-corrected chi connectivity index (χ3v) is 7.99. The molecule has 5 aromatic rings. The molecule has 0 atom stereocenters. The molecule has 2 heterocycles. The van der Waals surface area contributed by atoms with Crippen molar-refractivity contribution in [2.75, 3.05) is 0 Å². The van der Waals surface area contributed by atoms with Gasteiger partial charge >= 0.3 is 0 Å². The van der Waals surface area contributed by atoms with Crippen LogP contribution in [0.1, 0.15) is 67.5 Å². The lowest BCUT2D eigenvalue weighted by Crippen LogP contribution is -2.36. The van der Waals surface area contributed by atoms with Crippen LogP contribution in [0.2, 0.25) is 0 Å². The number of nitrogens with zero attached hydrogens (tertiary/aromatic N) is 2. The van der Waals surface area contributed by atoms with E-state index in [1.54, 1.807) is 0 Å². The summed E-state index contributed by atoms with van der Waals surface area (Å²) >= 11 is 0. The van der Waals surface area contributed by atoms with Crippen molar-refractivity contribution in [1.29, 1.82) is 0 Å². The first-order valence-electron chi connectivity index (χ1n) is 13.1. The molecular formula is C34H35N2O+. The predicted octanol–water partition coefficient (Wildman–Crippen LogP) is 9.47. The van der Waals surface area contributed by atoms with Crippen LogP contribution in [0.3, 0.4) is 0 Å². The molecule has 0 fully saturated rings. The van der Waals surface area contributed by atoms with Crippen molar-refractivity contribution in [3.05, 3.63) is 94.0 Å². The van der Waals surface area contributed by atoms with E-state index in [4.69, 9.17) is 11.0 Å². The van der Waals surface area contributed by atoms with E-state index in [9.17, 15) is 0 Å². The first-order valence-corrected chi connectivity index (χ1v) is 13.1. The molecule has 0 amide bonds. The lowest BCUT2D eigenvalue weighted by molar-refractivity contribution is -0.667. The van der Waals surface area contributed by atoms with Gasteiger partial charge in [-0.15, -0.1) is 0 Å². The highest BCUT2D eigenvalue weighted by Gasteiger charge is 2.26. The van der Waals surface area contributed by atoms with Crippen molar-refractivity contribution in [1.82, 2.24) is 0 Å². The molecule has 0 unspecified atom stereocenters. The fraction of sp³-hybridized carbons (Fsp3) is 0.294. The average molecular weight is 488 g/mol. The van der Waals surface area contributed by atoms with Crippen molar-refractivity contribution in [2.24, 2.45) is 7.05 Å². The van der Waals surface area contributed by atoms with Gasteiger partial charge in [-0.05, 0) is 47.9 Å². The largest absolute Gasteiger partial charge is 0.456 e. The molecule has 0 N–H and O–H groups in total. The van der Waals surface area contributed by atoms with Gasteiger partial charge in [0.2, 0.25) is 5.69 Å². The fourth-order valence-corrected chi connectivity index (χ4v) is 5.55. The number of fused-ring (bicyclic) bond motifs is 3. The van der Waals surface area contributed by atoms with Crippen molar-refractivity contribution in [3.8, 4) is 22.4 Å². The van der Waals surface area contributed by atoms with Crippen LogP contribution in [0, 0.1) is 27.3 Å². The zero-order chi connectivity index (χ0) is 26.6. The average Bonchev–Trinajstić information content (AvgIpc) is 3.25. The van der Waals surface area contributed by atoms with Gasteiger partial charge in [-0.25, -0.2) is 4.85 Å². The molecule has 0 spiro atoms. The molecule has 0 aliphatic carbocycles. The van der Waals surface area contributed by atoms with Crippen molar-refractivity contribution < 1.29 is 8.98 Å². The van der Waals surface area contributed by atoms with Gasteiger partial charge in [0.15, 0.2) is 11.4 Å². The molecule has 3 aromatic carbocycles. The number of pyridine rings is 1. The van der Waals surface area contributed by atoms with Gasteiger partial charge in [-0.2, -0.15) is 4.57 Å². The van der Waals surface area contributed by atoms with Gasteiger partial charge < -0.3 is 4.42 Å². The Hall–Kier alpha value is -3.90. The van der Waals surface area contributed by atoms with Crippen LogP contribution >= 0.6 is 0 Å². The smallest absolute Gasteiger partial charge is 0.216 e. The van der Waals surface area contributed by atoms with Gasteiger partial charge in [0.05, 0.1) is 12.1 Å². The number of aryl methyl sites for hydroxylation is 1. The SMILES string of the molecule is [C-]#[N+]c1ccc2c(oc3c(-c4cc(C(C)C)c(C)c(C)[n+]4C)c(C)ccc32)c1-c1ccc(C(C)C)cc1. The molecule has 0 aliphatic rings. The molecular weight excluding hydrogens is 452 g/mol. The van der Waals surface area contributed by atoms with Crippen LogP contribution in [0.4, 0.5) is 5.69 Å². The Morgan fingerprint density at radius 3 is 2.00 bits per heavy atom. The van der Waals surface area contributed by atoms with E-state index in [2.05, 4.69) is 107 Å². The molecule has 0 saturated carbocycles. The summed E-state index contributed by atoms with van der Waals surface area (Å²) in [5, 5.41) is 2.12. The summed E-state index contributed by atoms with van der Waals surface area (Å²) in [6, 6.07) is 19.2. The first-order chi connectivity index (χ1) is 17.6. The second-order valence-electron chi connectivity index (χ2n) is 10.9. The summed E-state index contributed by atoms with van der Waals surface area (Å²) in [6.45, 7) is 23.3. The number of benzene rings is 3. The highest BCUT2D eigenvalue weighted by atomic mass is 16.3. The van der Waals surface area contributed by atoms with Gasteiger partial charge in [0, 0.05) is 34.9 Å². The molecule has 0 radical (unpaired) electrons. The highest BCUT2D eigenvalue weighted by molar-refractivity contribution is 6.15. The minimum Gasteiger partial charge on any atom is -0.456 e. The Bertz CT molecular complexity index is 1710. The monoisotopic (exact) mass is 487 g/mol. The molecule has 0 aliphatic heterocycles. The van der Waals surface area contributed by atoms with Crippen LogP contribution < -0.4 is 4.57 Å². The Kier molecular flexibility index (Phi) is 6.16. The second kappa shape index (κ2) is 9.20. The van der Waals surface area contributed by atoms with E-state index in [-0.39, 0.29) is 0 Å². The molecule has 0 bridgehead atoms. The number of rotatable bonds is 4. The van der Waals surface area contributed by atoms with Gasteiger partial charge in [0.1, 0.15) is 18.2 Å². The third-order valence-electron chi connectivity index (χ3n) is 7.99. The van der Waals surface area contributed by atoms with Crippen LogP contribution in [0.15, 0.2) is 59.0 Å². The lowest BCUT2D eigenvalue weighted by atomic mass is 9.92. The zero-order valence-electron chi connectivity index (χ0n) is 23.2. The van der Waals surface area contributed by atoms with E-state index in [1.165, 1.54) is 27.9 Å². The Morgan fingerprint density at radius 2 is 1.41 bits per heavy atom. The van der Waals surface area contributed by atoms with Gasteiger partial charge in [0.25, 0.3) is 0 Å². The summed E-state index contributed by atoms with van der Waals surface area (Å²) in [5.74, 6) is 0.881. The van der Waals surface area contributed by atoms with E-state index in [0.29, 0.717) is 17.5 Å². The fourth-order valence-electron chi connectivity index (χ4n) is 5.55. The van der Waals surface area contributed by atoms with Crippen molar-refractivity contribution in [2.45, 2.75) is 60.3 Å². The van der Waals surface area contributed by atoms with Crippen LogP contribution in [0.5, 0.6) is 0 Å². The normalized spacial score (nSPS) is 11.7. The summed E-state index contributed by atoms with van der Waals surface area (Å²) < 4.78 is 9.08. The lowest BCUT2D eigenvalue weighted by Gasteiger charge is -2.14. The second-order valence-corrected chi connectivity index (χ2v) is 10.9. The Balaban J connectivity index is 1.86. The van der Waals surface area contributed by atoms with E-state index in [1.807, 2.05) is 12.1 Å². The molecule has 3 heteroatoms. The standard InChI is InChI=1S/C34H35N2O/c1-19(2)24-11-13-25(14-12-24)32-29(35-8)17-16-27-26-15-10-21(5)31(33(26)37-34(27)32)30-18-28(20(3)4)22(6)23(7)36(30)9/h10-20H,1-7,9H3/q+1. The van der Waals surface area contributed by atoms with Crippen LogP contribution in [0.25, 0.3) is 49.2 Å². The summed E-state index contributed by atoms with van der Waals surface area (Å²) in [5.41, 5.74) is 12.8. The van der Waals surface area contributed by atoms with Gasteiger partial charge in [-0.3, -0.25) is 0 Å². The quantitative estimate of drug-likeness (QED) is 0.183. The van der Waals surface area contributed by atoms with E-state index in [0.717, 1.165) is 44.3 Å². The van der Waals surface area contributed by atoms with E-state index >= 15 is 0 Å². The molecule has 3 nitrogen and oxygen atoms in total. The third kappa shape index (κ3) is 3.92. The Morgan fingerprint density at radius 1 is 0.784 bits per heavy atom. The van der Waals surface area contributed by atoms with Gasteiger partial charge in [-0.1, -0.05) is 76.2 Å². The number of hydrogen-bond donors (Lipinski definition) is 0. The molecule has 186 valence electrons. The highest BCUT2D eigenvalue weighted by Crippen LogP contribution is 2.44. The number of furan rings is 1.